The van der Waals surface area contributed by atoms with Gasteiger partial charge in [-0.25, -0.2) is 0 Å². The lowest BCUT2D eigenvalue weighted by molar-refractivity contribution is -0.122. The molecule has 0 radical (unpaired) electrons. The molecule has 58 valence electrons. The first-order valence-electron chi connectivity index (χ1n) is 3.30. The highest BCUT2D eigenvalue weighted by Gasteiger charge is 2.29. The van der Waals surface area contributed by atoms with E-state index in [9.17, 15) is 4.79 Å². The molecule has 0 aromatic carbocycles. The van der Waals surface area contributed by atoms with E-state index in [4.69, 9.17) is 5.11 Å². The Morgan fingerprint density at radius 2 is 2.50 bits per heavy atom. The lowest BCUT2D eigenvalue weighted by Crippen LogP contribution is -2.29. The molecule has 2 N–H and O–H groups in total. The van der Waals surface area contributed by atoms with Crippen molar-refractivity contribution >= 4 is 18.5 Å². The van der Waals surface area contributed by atoms with Gasteiger partial charge in [0.1, 0.15) is 0 Å². The summed E-state index contributed by atoms with van der Waals surface area (Å²) in [6.45, 7) is 0.0377. The standard InChI is InChI=1S/C6H11NO2S/c8-2-5-1-4(3-10)6(9)7-5/h4-5,8,10H,1-3H2,(H,7,9)/t4-,5+/m1/s1. The quantitative estimate of drug-likeness (QED) is 0.474. The first kappa shape index (κ1) is 7.88. The van der Waals surface area contributed by atoms with E-state index in [0.29, 0.717) is 5.75 Å². The van der Waals surface area contributed by atoms with E-state index in [1.165, 1.54) is 0 Å². The molecule has 0 aromatic heterocycles. The first-order valence-corrected chi connectivity index (χ1v) is 3.93. The minimum atomic E-state index is -0.0374. The first-order chi connectivity index (χ1) is 4.77. The number of aliphatic hydroxyl groups excluding tert-OH is 1. The number of carbonyl (C=O) groups excluding carboxylic acids is 1. The maximum atomic E-state index is 10.9. The summed E-state index contributed by atoms with van der Waals surface area (Å²) in [7, 11) is 0. The van der Waals surface area contributed by atoms with Gasteiger partial charge in [0.25, 0.3) is 0 Å². The van der Waals surface area contributed by atoms with E-state index in [1.807, 2.05) is 0 Å². The Balaban J connectivity index is 2.44. The second-order valence-electron chi connectivity index (χ2n) is 2.50. The van der Waals surface area contributed by atoms with E-state index in [-0.39, 0.29) is 24.5 Å². The number of rotatable bonds is 2. The van der Waals surface area contributed by atoms with Crippen molar-refractivity contribution in [3.8, 4) is 0 Å². The van der Waals surface area contributed by atoms with Crippen molar-refractivity contribution in [2.75, 3.05) is 12.4 Å². The minimum absolute atomic E-state index is 0.000448. The summed E-state index contributed by atoms with van der Waals surface area (Å²) in [6.07, 6.45) is 0.721. The van der Waals surface area contributed by atoms with Crippen LogP contribution in [0.15, 0.2) is 0 Å². The van der Waals surface area contributed by atoms with Gasteiger partial charge in [-0.2, -0.15) is 12.6 Å². The third kappa shape index (κ3) is 1.44. The highest BCUT2D eigenvalue weighted by molar-refractivity contribution is 7.80. The van der Waals surface area contributed by atoms with Crippen LogP contribution in [0, 0.1) is 5.92 Å². The Kier molecular flexibility index (Phi) is 2.56. The van der Waals surface area contributed by atoms with Crippen LogP contribution < -0.4 is 5.32 Å². The molecule has 2 atom stereocenters. The summed E-state index contributed by atoms with van der Waals surface area (Å²) in [5, 5.41) is 11.3. The van der Waals surface area contributed by atoms with Crippen LogP contribution in [0.3, 0.4) is 0 Å². The van der Waals surface area contributed by atoms with Gasteiger partial charge in [-0.3, -0.25) is 4.79 Å². The number of aliphatic hydroxyl groups is 1. The molecule has 1 amide bonds. The molecule has 0 aromatic rings. The monoisotopic (exact) mass is 161 g/mol. The van der Waals surface area contributed by atoms with Crippen LogP contribution in [0.4, 0.5) is 0 Å². The zero-order valence-electron chi connectivity index (χ0n) is 5.58. The zero-order chi connectivity index (χ0) is 7.56. The topological polar surface area (TPSA) is 49.3 Å². The second-order valence-corrected chi connectivity index (χ2v) is 2.87. The number of amides is 1. The molecule has 0 bridgehead atoms. The number of carbonyl (C=O) groups is 1. The Bertz CT molecular complexity index is 140. The molecule has 1 rings (SSSR count). The predicted octanol–water partition coefficient (Wildman–Crippen LogP) is -0.587. The van der Waals surface area contributed by atoms with Gasteiger partial charge < -0.3 is 10.4 Å². The van der Waals surface area contributed by atoms with Crippen LogP contribution in [-0.4, -0.2) is 29.4 Å². The summed E-state index contributed by atoms with van der Waals surface area (Å²) in [4.78, 5) is 10.9. The summed E-state index contributed by atoms with van der Waals surface area (Å²) >= 11 is 4.01. The van der Waals surface area contributed by atoms with Crippen molar-refractivity contribution in [3.63, 3.8) is 0 Å². The normalized spacial score (nSPS) is 32.4. The van der Waals surface area contributed by atoms with Gasteiger partial charge in [0.05, 0.1) is 12.6 Å². The maximum absolute atomic E-state index is 10.9. The SMILES string of the molecule is O=C1N[C@H](CO)C[C@@H]1CS. The third-order valence-electron chi connectivity index (χ3n) is 1.73. The largest absolute Gasteiger partial charge is 0.394 e. The smallest absolute Gasteiger partial charge is 0.224 e. The maximum Gasteiger partial charge on any atom is 0.224 e. The van der Waals surface area contributed by atoms with E-state index >= 15 is 0 Å². The molecule has 1 aliphatic heterocycles. The van der Waals surface area contributed by atoms with Crippen molar-refractivity contribution in [3.05, 3.63) is 0 Å². The van der Waals surface area contributed by atoms with Gasteiger partial charge in [-0.05, 0) is 6.42 Å². The number of hydrogen-bond acceptors (Lipinski definition) is 3. The molecule has 10 heavy (non-hydrogen) atoms. The molecular formula is C6H11NO2S. The molecule has 1 aliphatic rings. The molecule has 0 unspecified atom stereocenters. The fourth-order valence-electron chi connectivity index (χ4n) is 1.11. The Labute approximate surface area is 65.2 Å². The number of thiol groups is 1. The van der Waals surface area contributed by atoms with E-state index < -0.39 is 0 Å². The second kappa shape index (κ2) is 3.25. The molecule has 0 aliphatic carbocycles. The summed E-state index contributed by atoms with van der Waals surface area (Å²) < 4.78 is 0. The number of nitrogens with one attached hydrogen (secondary N) is 1. The fraction of sp³-hybridized carbons (Fsp3) is 0.833. The van der Waals surface area contributed by atoms with Gasteiger partial charge in [0, 0.05) is 11.7 Å². The van der Waals surface area contributed by atoms with Crippen molar-refractivity contribution in [1.29, 1.82) is 0 Å². The van der Waals surface area contributed by atoms with Crippen LogP contribution in [0.1, 0.15) is 6.42 Å². The van der Waals surface area contributed by atoms with Crippen molar-refractivity contribution in [2.45, 2.75) is 12.5 Å². The van der Waals surface area contributed by atoms with E-state index in [0.717, 1.165) is 6.42 Å². The average Bonchev–Trinajstić information content (AvgIpc) is 2.30. The van der Waals surface area contributed by atoms with Crippen molar-refractivity contribution < 1.29 is 9.90 Å². The molecular weight excluding hydrogens is 150 g/mol. The molecule has 0 spiro atoms. The lowest BCUT2D eigenvalue weighted by atomic mass is 10.1. The van der Waals surface area contributed by atoms with Gasteiger partial charge in [0.15, 0.2) is 0 Å². The van der Waals surface area contributed by atoms with E-state index in [2.05, 4.69) is 17.9 Å². The summed E-state index contributed by atoms with van der Waals surface area (Å²) in [6, 6.07) is -0.0374. The van der Waals surface area contributed by atoms with Crippen molar-refractivity contribution in [2.24, 2.45) is 5.92 Å². The van der Waals surface area contributed by atoms with Gasteiger partial charge in [0.2, 0.25) is 5.91 Å². The Morgan fingerprint density at radius 1 is 1.80 bits per heavy atom. The summed E-state index contributed by atoms with van der Waals surface area (Å²) in [5.74, 6) is 0.594. The van der Waals surface area contributed by atoms with Crippen LogP contribution in [-0.2, 0) is 4.79 Å². The fourth-order valence-corrected chi connectivity index (χ4v) is 1.42. The summed E-state index contributed by atoms with van der Waals surface area (Å²) in [5.41, 5.74) is 0. The minimum Gasteiger partial charge on any atom is -0.394 e. The van der Waals surface area contributed by atoms with Crippen LogP contribution in [0.5, 0.6) is 0 Å². The van der Waals surface area contributed by atoms with Gasteiger partial charge >= 0.3 is 0 Å². The molecule has 1 saturated heterocycles. The third-order valence-corrected chi connectivity index (χ3v) is 2.17. The predicted molar refractivity (Wildman–Crippen MR) is 41.0 cm³/mol. The van der Waals surface area contributed by atoms with Crippen LogP contribution >= 0.6 is 12.6 Å². The number of hydrogen-bond donors (Lipinski definition) is 3. The zero-order valence-corrected chi connectivity index (χ0v) is 6.47. The highest BCUT2D eigenvalue weighted by atomic mass is 32.1. The average molecular weight is 161 g/mol. The molecule has 4 heteroatoms. The lowest BCUT2D eigenvalue weighted by Gasteiger charge is -2.02. The highest BCUT2D eigenvalue weighted by Crippen LogP contribution is 2.15. The van der Waals surface area contributed by atoms with Crippen LogP contribution in [0.2, 0.25) is 0 Å². The molecule has 1 heterocycles. The Morgan fingerprint density at radius 3 is 2.80 bits per heavy atom. The van der Waals surface area contributed by atoms with Gasteiger partial charge in [-0.1, -0.05) is 0 Å². The molecule has 1 fully saturated rings. The Hall–Kier alpha value is -0.220. The molecule has 0 saturated carbocycles. The van der Waals surface area contributed by atoms with Gasteiger partial charge in [-0.15, -0.1) is 0 Å². The molecule has 3 nitrogen and oxygen atoms in total. The van der Waals surface area contributed by atoms with E-state index in [1.54, 1.807) is 0 Å². The van der Waals surface area contributed by atoms with Crippen LogP contribution in [0.25, 0.3) is 0 Å². The van der Waals surface area contributed by atoms with Crippen molar-refractivity contribution in [1.82, 2.24) is 5.32 Å².